The second-order valence-electron chi connectivity index (χ2n) is 5.48. The first-order chi connectivity index (χ1) is 12.1. The minimum atomic E-state index is -0.428. The van der Waals surface area contributed by atoms with Crippen molar-refractivity contribution in [2.24, 2.45) is 0 Å². The topological polar surface area (TPSA) is 65.7 Å². The maximum Gasteiger partial charge on any atom is 0.344 e. The number of fused-ring (bicyclic) bond motifs is 1. The molecule has 0 atom stereocenters. The molecular weight excluding hydrogens is 320 g/mol. The van der Waals surface area contributed by atoms with Crippen LogP contribution in [0.25, 0.3) is 11.0 Å². The summed E-state index contributed by atoms with van der Waals surface area (Å²) >= 11 is 0. The van der Waals surface area contributed by atoms with Crippen molar-refractivity contribution in [3.8, 4) is 5.75 Å². The van der Waals surface area contributed by atoms with Gasteiger partial charge in [-0.05, 0) is 44.2 Å². The Bertz CT molecular complexity index is 905. The molecule has 0 bridgehead atoms. The second kappa shape index (κ2) is 7.21. The number of hydrogen-bond acceptors (Lipinski definition) is 5. The summed E-state index contributed by atoms with van der Waals surface area (Å²) in [4.78, 5) is 24.1. The minimum absolute atomic E-state index is 0.112. The quantitative estimate of drug-likeness (QED) is 0.503. The van der Waals surface area contributed by atoms with E-state index in [9.17, 15) is 9.59 Å². The molecule has 1 heterocycles. The Morgan fingerprint density at radius 3 is 2.48 bits per heavy atom. The van der Waals surface area contributed by atoms with Gasteiger partial charge in [-0.3, -0.25) is 4.79 Å². The largest absolute Gasteiger partial charge is 0.482 e. The van der Waals surface area contributed by atoms with Gasteiger partial charge in [0.05, 0.1) is 12.2 Å². The van der Waals surface area contributed by atoms with E-state index in [2.05, 4.69) is 0 Å². The Morgan fingerprint density at radius 2 is 1.76 bits per heavy atom. The van der Waals surface area contributed by atoms with Crippen molar-refractivity contribution >= 4 is 22.7 Å². The van der Waals surface area contributed by atoms with Gasteiger partial charge in [-0.15, -0.1) is 0 Å². The molecular formula is C20H18O5. The van der Waals surface area contributed by atoms with Gasteiger partial charge in [-0.25, -0.2) is 4.79 Å². The average Bonchev–Trinajstić information content (AvgIpc) is 2.96. The van der Waals surface area contributed by atoms with Gasteiger partial charge in [0, 0.05) is 10.9 Å². The Labute approximate surface area is 145 Å². The van der Waals surface area contributed by atoms with Crippen molar-refractivity contribution < 1.29 is 23.5 Å². The first kappa shape index (κ1) is 16.8. The second-order valence-corrected chi connectivity index (χ2v) is 5.48. The zero-order chi connectivity index (χ0) is 17.8. The summed E-state index contributed by atoms with van der Waals surface area (Å²) in [5.74, 6) is 0.551. The van der Waals surface area contributed by atoms with Crippen LogP contribution < -0.4 is 4.74 Å². The lowest BCUT2D eigenvalue weighted by molar-refractivity contribution is -0.145. The number of carbonyl (C=O) groups is 2. The van der Waals surface area contributed by atoms with Crippen LogP contribution in [0, 0.1) is 6.92 Å². The smallest absolute Gasteiger partial charge is 0.344 e. The molecule has 0 amide bonds. The summed E-state index contributed by atoms with van der Waals surface area (Å²) in [6.07, 6.45) is 0. The number of hydrogen-bond donors (Lipinski definition) is 0. The van der Waals surface area contributed by atoms with Gasteiger partial charge < -0.3 is 13.9 Å². The van der Waals surface area contributed by atoms with Crippen molar-refractivity contribution in [3.05, 3.63) is 65.4 Å². The van der Waals surface area contributed by atoms with Crippen LogP contribution >= 0.6 is 0 Å². The number of rotatable bonds is 6. The highest BCUT2D eigenvalue weighted by Gasteiger charge is 2.19. The fourth-order valence-electron chi connectivity index (χ4n) is 2.64. The van der Waals surface area contributed by atoms with Gasteiger partial charge in [-0.2, -0.15) is 0 Å². The molecule has 0 radical (unpaired) electrons. The highest BCUT2D eigenvalue weighted by atomic mass is 16.6. The number of carbonyl (C=O) groups excluding carboxylic acids is 2. The Kier molecular flexibility index (Phi) is 4.84. The molecule has 0 aliphatic heterocycles. The molecule has 0 spiro atoms. The van der Waals surface area contributed by atoms with Crippen LogP contribution in [0.4, 0.5) is 0 Å². The van der Waals surface area contributed by atoms with E-state index in [0.717, 1.165) is 5.39 Å². The SMILES string of the molecule is CCOC(=O)COc1ccc(C(=O)c2c(C)oc3ccccc23)cc1. The molecule has 2 aromatic carbocycles. The van der Waals surface area contributed by atoms with Crippen molar-refractivity contribution in [2.75, 3.05) is 13.2 Å². The van der Waals surface area contributed by atoms with E-state index in [1.807, 2.05) is 24.3 Å². The number of esters is 1. The molecule has 0 fully saturated rings. The number of furan rings is 1. The highest BCUT2D eigenvalue weighted by Crippen LogP contribution is 2.28. The summed E-state index contributed by atoms with van der Waals surface area (Å²) in [5.41, 5.74) is 1.78. The van der Waals surface area contributed by atoms with Gasteiger partial charge in [0.2, 0.25) is 0 Å². The summed E-state index contributed by atoms with van der Waals surface area (Å²) in [5, 5.41) is 0.799. The third-order valence-electron chi connectivity index (χ3n) is 3.78. The number of aryl methyl sites for hydroxylation is 1. The van der Waals surface area contributed by atoms with Crippen LogP contribution in [0.5, 0.6) is 5.75 Å². The summed E-state index contributed by atoms with van der Waals surface area (Å²) in [7, 11) is 0. The average molecular weight is 338 g/mol. The Hall–Kier alpha value is -3.08. The van der Waals surface area contributed by atoms with E-state index in [1.165, 1.54) is 0 Å². The number of para-hydroxylation sites is 1. The maximum absolute atomic E-state index is 12.8. The predicted molar refractivity (Wildman–Crippen MR) is 93.0 cm³/mol. The lowest BCUT2D eigenvalue weighted by Gasteiger charge is -2.06. The molecule has 3 rings (SSSR count). The molecule has 128 valence electrons. The molecule has 1 aromatic heterocycles. The summed E-state index contributed by atoms with van der Waals surface area (Å²) < 4.78 is 15.8. The Morgan fingerprint density at radius 1 is 1.04 bits per heavy atom. The van der Waals surface area contributed by atoms with Gasteiger partial charge in [0.15, 0.2) is 12.4 Å². The number of benzene rings is 2. The molecule has 3 aromatic rings. The highest BCUT2D eigenvalue weighted by molar-refractivity contribution is 6.16. The summed E-state index contributed by atoms with van der Waals surface area (Å²) in [6.45, 7) is 3.67. The molecule has 0 unspecified atom stereocenters. The van der Waals surface area contributed by atoms with Crippen LogP contribution in [-0.2, 0) is 9.53 Å². The van der Waals surface area contributed by atoms with Crippen molar-refractivity contribution in [2.45, 2.75) is 13.8 Å². The molecule has 0 saturated carbocycles. The molecule has 25 heavy (non-hydrogen) atoms. The standard InChI is InChI=1S/C20H18O5/c1-3-23-18(21)12-24-15-10-8-14(9-11-15)20(22)19-13(2)25-17-7-5-4-6-16(17)19/h4-11H,3,12H2,1-2H3. The normalized spacial score (nSPS) is 10.6. The third kappa shape index (κ3) is 3.55. The van der Waals surface area contributed by atoms with Crippen LogP contribution in [0.2, 0.25) is 0 Å². The number of ether oxygens (including phenoxy) is 2. The van der Waals surface area contributed by atoms with Gasteiger partial charge in [0.1, 0.15) is 17.1 Å². The van der Waals surface area contributed by atoms with Gasteiger partial charge in [-0.1, -0.05) is 18.2 Å². The van der Waals surface area contributed by atoms with E-state index in [4.69, 9.17) is 13.9 Å². The molecule has 0 aliphatic rings. The van der Waals surface area contributed by atoms with E-state index >= 15 is 0 Å². The van der Waals surface area contributed by atoms with Crippen LogP contribution in [0.15, 0.2) is 52.9 Å². The third-order valence-corrected chi connectivity index (χ3v) is 3.78. The predicted octanol–water partition coefficient (Wildman–Crippen LogP) is 3.91. The molecule has 0 N–H and O–H groups in total. The van der Waals surface area contributed by atoms with E-state index < -0.39 is 5.97 Å². The van der Waals surface area contributed by atoms with Gasteiger partial charge >= 0.3 is 5.97 Å². The van der Waals surface area contributed by atoms with E-state index in [0.29, 0.717) is 34.8 Å². The Balaban J connectivity index is 1.79. The zero-order valence-electron chi connectivity index (χ0n) is 14.1. The maximum atomic E-state index is 12.8. The first-order valence-electron chi connectivity index (χ1n) is 8.01. The fourth-order valence-corrected chi connectivity index (χ4v) is 2.64. The van der Waals surface area contributed by atoms with E-state index in [-0.39, 0.29) is 12.4 Å². The van der Waals surface area contributed by atoms with Crippen LogP contribution in [0.1, 0.15) is 28.6 Å². The molecule has 5 heteroatoms. The van der Waals surface area contributed by atoms with Crippen molar-refractivity contribution in [1.29, 1.82) is 0 Å². The molecule has 0 aliphatic carbocycles. The van der Waals surface area contributed by atoms with Crippen LogP contribution in [-0.4, -0.2) is 25.0 Å². The van der Waals surface area contributed by atoms with Crippen molar-refractivity contribution in [3.63, 3.8) is 0 Å². The zero-order valence-corrected chi connectivity index (χ0v) is 14.1. The van der Waals surface area contributed by atoms with Gasteiger partial charge in [0.25, 0.3) is 0 Å². The fraction of sp³-hybridized carbons (Fsp3) is 0.200. The number of ketones is 1. The molecule has 5 nitrogen and oxygen atoms in total. The summed E-state index contributed by atoms with van der Waals surface area (Å²) in [6, 6.07) is 14.1. The molecule has 0 saturated heterocycles. The monoisotopic (exact) mass is 338 g/mol. The van der Waals surface area contributed by atoms with Crippen LogP contribution in [0.3, 0.4) is 0 Å². The lowest BCUT2D eigenvalue weighted by Crippen LogP contribution is -2.14. The van der Waals surface area contributed by atoms with Crippen molar-refractivity contribution in [1.82, 2.24) is 0 Å². The lowest BCUT2D eigenvalue weighted by atomic mass is 10.0. The van der Waals surface area contributed by atoms with E-state index in [1.54, 1.807) is 38.1 Å². The minimum Gasteiger partial charge on any atom is -0.482 e. The first-order valence-corrected chi connectivity index (χ1v) is 8.01.